The summed E-state index contributed by atoms with van der Waals surface area (Å²) >= 11 is 0. The first-order chi connectivity index (χ1) is 3.83. The van der Waals surface area contributed by atoms with Crippen molar-refractivity contribution in [3.8, 4) is 0 Å². The zero-order valence-electron chi connectivity index (χ0n) is 5.46. The summed E-state index contributed by atoms with van der Waals surface area (Å²) in [5.41, 5.74) is 0. The summed E-state index contributed by atoms with van der Waals surface area (Å²) < 4.78 is 1.76. The first-order valence-corrected chi connectivity index (χ1v) is 2.50. The SMILES string of the molecule is CNc1ccn(C)n1.Cl. The fraction of sp³-hybridized carbons (Fsp3) is 0.400. The van der Waals surface area contributed by atoms with Gasteiger partial charge in [0.1, 0.15) is 5.82 Å². The molecule has 3 nitrogen and oxygen atoms in total. The Balaban J connectivity index is 0.000000640. The highest BCUT2D eigenvalue weighted by Crippen LogP contribution is 1.96. The summed E-state index contributed by atoms with van der Waals surface area (Å²) in [6.07, 6.45) is 1.89. The zero-order valence-corrected chi connectivity index (χ0v) is 6.27. The Bertz CT molecular complexity index is 172. The van der Waals surface area contributed by atoms with Gasteiger partial charge in [0, 0.05) is 26.4 Å². The molecule has 0 aromatic carbocycles. The van der Waals surface area contributed by atoms with Crippen LogP contribution >= 0.6 is 12.4 Å². The molecule has 9 heavy (non-hydrogen) atoms. The Hall–Kier alpha value is -0.700. The molecule has 0 aliphatic heterocycles. The summed E-state index contributed by atoms with van der Waals surface area (Å²) in [7, 11) is 3.74. The highest BCUT2D eigenvalue weighted by molar-refractivity contribution is 5.85. The molecule has 0 aliphatic rings. The smallest absolute Gasteiger partial charge is 0.147 e. The lowest BCUT2D eigenvalue weighted by Gasteiger charge is -1.87. The van der Waals surface area contributed by atoms with Crippen molar-refractivity contribution < 1.29 is 0 Å². The molecular weight excluding hydrogens is 138 g/mol. The molecule has 0 saturated carbocycles. The molecule has 0 amide bonds. The van der Waals surface area contributed by atoms with Crippen LogP contribution in [0.4, 0.5) is 5.82 Å². The lowest BCUT2D eigenvalue weighted by molar-refractivity contribution is 0.770. The standard InChI is InChI=1S/C5H9N3.ClH/c1-6-5-3-4-8(2)7-5;/h3-4H,1-2H3,(H,6,7);1H. The Morgan fingerprint density at radius 3 is 2.56 bits per heavy atom. The van der Waals surface area contributed by atoms with Crippen molar-refractivity contribution in [1.29, 1.82) is 0 Å². The Labute approximate surface area is 60.5 Å². The first-order valence-electron chi connectivity index (χ1n) is 2.50. The third-order valence-corrected chi connectivity index (χ3v) is 0.970. The summed E-state index contributed by atoms with van der Waals surface area (Å²) in [5.74, 6) is 0.910. The van der Waals surface area contributed by atoms with Gasteiger partial charge in [0.25, 0.3) is 0 Å². The average Bonchev–Trinajstić information content (AvgIpc) is 2.14. The zero-order chi connectivity index (χ0) is 5.98. The quantitative estimate of drug-likeness (QED) is 0.639. The summed E-state index contributed by atoms with van der Waals surface area (Å²) in [4.78, 5) is 0. The van der Waals surface area contributed by atoms with E-state index in [0.717, 1.165) is 5.82 Å². The highest BCUT2D eigenvalue weighted by Gasteiger charge is 1.86. The van der Waals surface area contributed by atoms with Gasteiger partial charge in [0.05, 0.1) is 0 Å². The summed E-state index contributed by atoms with van der Waals surface area (Å²) in [5, 5.41) is 6.95. The van der Waals surface area contributed by atoms with E-state index >= 15 is 0 Å². The van der Waals surface area contributed by atoms with Gasteiger partial charge in [-0.15, -0.1) is 12.4 Å². The van der Waals surface area contributed by atoms with Crippen LogP contribution in [0.1, 0.15) is 0 Å². The average molecular weight is 148 g/mol. The predicted octanol–water partition coefficient (Wildman–Crippen LogP) is 0.884. The van der Waals surface area contributed by atoms with Crippen LogP contribution in [0, 0.1) is 0 Å². The minimum Gasteiger partial charge on any atom is -0.372 e. The molecule has 0 unspecified atom stereocenters. The molecule has 0 spiro atoms. The Morgan fingerprint density at radius 2 is 2.33 bits per heavy atom. The van der Waals surface area contributed by atoms with Gasteiger partial charge >= 0.3 is 0 Å². The van der Waals surface area contributed by atoms with Gasteiger partial charge in [-0.25, -0.2) is 0 Å². The second-order valence-corrected chi connectivity index (χ2v) is 1.62. The van der Waals surface area contributed by atoms with E-state index in [9.17, 15) is 0 Å². The number of aryl methyl sites for hydroxylation is 1. The van der Waals surface area contributed by atoms with Gasteiger partial charge in [-0.1, -0.05) is 0 Å². The van der Waals surface area contributed by atoms with E-state index in [-0.39, 0.29) is 12.4 Å². The monoisotopic (exact) mass is 147 g/mol. The maximum atomic E-state index is 4.03. The van der Waals surface area contributed by atoms with E-state index < -0.39 is 0 Å². The lowest BCUT2D eigenvalue weighted by atomic mass is 10.6. The maximum absolute atomic E-state index is 4.03. The maximum Gasteiger partial charge on any atom is 0.147 e. The number of hydrogen-bond donors (Lipinski definition) is 1. The van der Waals surface area contributed by atoms with Gasteiger partial charge in [0.2, 0.25) is 0 Å². The highest BCUT2D eigenvalue weighted by atomic mass is 35.5. The van der Waals surface area contributed by atoms with Crippen LogP contribution in [0.3, 0.4) is 0 Å². The summed E-state index contributed by atoms with van der Waals surface area (Å²) in [6.45, 7) is 0. The van der Waals surface area contributed by atoms with Gasteiger partial charge in [-0.2, -0.15) is 5.10 Å². The molecule has 1 N–H and O–H groups in total. The number of nitrogens with zero attached hydrogens (tertiary/aromatic N) is 2. The normalized spacial score (nSPS) is 8.22. The Kier molecular flexibility index (Phi) is 3.09. The van der Waals surface area contributed by atoms with E-state index in [4.69, 9.17) is 0 Å². The van der Waals surface area contributed by atoms with Crippen molar-refractivity contribution >= 4 is 18.2 Å². The fourth-order valence-electron chi connectivity index (χ4n) is 0.548. The van der Waals surface area contributed by atoms with Crippen molar-refractivity contribution in [2.45, 2.75) is 0 Å². The molecule has 1 rings (SSSR count). The number of anilines is 1. The molecule has 1 heterocycles. The molecule has 0 fully saturated rings. The largest absolute Gasteiger partial charge is 0.372 e. The van der Waals surface area contributed by atoms with Gasteiger partial charge < -0.3 is 5.32 Å². The second-order valence-electron chi connectivity index (χ2n) is 1.62. The topological polar surface area (TPSA) is 29.9 Å². The van der Waals surface area contributed by atoms with Gasteiger partial charge in [-0.05, 0) is 0 Å². The molecule has 0 saturated heterocycles. The second kappa shape index (κ2) is 3.35. The number of aromatic nitrogens is 2. The van der Waals surface area contributed by atoms with Crippen molar-refractivity contribution in [2.24, 2.45) is 7.05 Å². The summed E-state index contributed by atoms with van der Waals surface area (Å²) in [6, 6.07) is 1.92. The van der Waals surface area contributed by atoms with Crippen LogP contribution in [0.5, 0.6) is 0 Å². The molecule has 0 aliphatic carbocycles. The number of nitrogens with one attached hydrogen (secondary N) is 1. The number of hydrogen-bond acceptors (Lipinski definition) is 2. The van der Waals surface area contributed by atoms with E-state index in [1.807, 2.05) is 26.4 Å². The van der Waals surface area contributed by atoms with Gasteiger partial charge in [0.15, 0.2) is 0 Å². The van der Waals surface area contributed by atoms with Crippen molar-refractivity contribution in [3.63, 3.8) is 0 Å². The van der Waals surface area contributed by atoms with Crippen molar-refractivity contribution in [2.75, 3.05) is 12.4 Å². The molecule has 0 radical (unpaired) electrons. The van der Waals surface area contributed by atoms with Crippen molar-refractivity contribution in [3.05, 3.63) is 12.3 Å². The molecular formula is C5H10ClN3. The third-order valence-electron chi connectivity index (χ3n) is 0.970. The van der Waals surface area contributed by atoms with Gasteiger partial charge in [-0.3, -0.25) is 4.68 Å². The van der Waals surface area contributed by atoms with Crippen LogP contribution in [0.25, 0.3) is 0 Å². The van der Waals surface area contributed by atoms with E-state index in [1.54, 1.807) is 4.68 Å². The number of halogens is 1. The molecule has 0 atom stereocenters. The van der Waals surface area contributed by atoms with Crippen LogP contribution in [0.2, 0.25) is 0 Å². The van der Waals surface area contributed by atoms with Crippen LogP contribution < -0.4 is 5.32 Å². The lowest BCUT2D eigenvalue weighted by Crippen LogP contribution is -1.91. The number of rotatable bonds is 1. The van der Waals surface area contributed by atoms with Crippen molar-refractivity contribution in [1.82, 2.24) is 9.78 Å². The Morgan fingerprint density at radius 1 is 1.67 bits per heavy atom. The van der Waals surface area contributed by atoms with Crippen LogP contribution in [-0.2, 0) is 7.05 Å². The first kappa shape index (κ1) is 8.30. The predicted molar refractivity (Wildman–Crippen MR) is 40.0 cm³/mol. The molecule has 4 heteroatoms. The van der Waals surface area contributed by atoms with Crippen LogP contribution in [-0.4, -0.2) is 16.8 Å². The molecule has 0 bridgehead atoms. The third kappa shape index (κ3) is 1.93. The molecule has 1 aromatic heterocycles. The minimum absolute atomic E-state index is 0. The van der Waals surface area contributed by atoms with E-state index in [0.29, 0.717) is 0 Å². The molecule has 52 valence electrons. The minimum atomic E-state index is 0. The van der Waals surface area contributed by atoms with E-state index in [2.05, 4.69) is 10.4 Å². The fourth-order valence-corrected chi connectivity index (χ4v) is 0.548. The van der Waals surface area contributed by atoms with E-state index in [1.165, 1.54) is 0 Å². The molecule has 1 aromatic rings. The van der Waals surface area contributed by atoms with Crippen LogP contribution in [0.15, 0.2) is 12.3 Å².